The Morgan fingerprint density at radius 1 is 1.30 bits per heavy atom. The molecular formula is C17H21F2NO3. The number of benzene rings is 1. The molecule has 126 valence electrons. The van der Waals surface area contributed by atoms with Crippen LogP contribution < -0.4 is 0 Å². The number of nitrogens with zero attached hydrogens (tertiary/aromatic N) is 1. The first-order valence-corrected chi connectivity index (χ1v) is 7.89. The Balaban J connectivity index is 1.87. The molecule has 0 N–H and O–H groups in total. The van der Waals surface area contributed by atoms with Crippen molar-refractivity contribution in [2.45, 2.75) is 32.6 Å². The second-order valence-corrected chi connectivity index (χ2v) is 5.68. The zero-order chi connectivity index (χ0) is 16.8. The molecule has 4 nitrogen and oxygen atoms in total. The van der Waals surface area contributed by atoms with Crippen LogP contribution in [0.25, 0.3) is 0 Å². The Hall–Kier alpha value is -1.98. The van der Waals surface area contributed by atoms with Crippen LogP contribution in [-0.4, -0.2) is 36.5 Å². The fourth-order valence-corrected chi connectivity index (χ4v) is 2.76. The topological polar surface area (TPSA) is 46.6 Å². The highest BCUT2D eigenvalue weighted by Crippen LogP contribution is 2.19. The minimum absolute atomic E-state index is 0.0799. The standard InChI is InChI=1S/C17H21F2NO3/c1-2-23-17(22)13-4-3-9-20(11-13)16(21)8-6-12-5-7-14(18)15(19)10-12/h5,7,10,13H,2-4,6,8-9,11H2,1H3. The number of carbonyl (C=O) groups is 2. The van der Waals surface area contributed by atoms with Crippen LogP contribution in [0.4, 0.5) is 8.78 Å². The smallest absolute Gasteiger partial charge is 0.310 e. The van der Waals surface area contributed by atoms with E-state index in [0.29, 0.717) is 31.7 Å². The Morgan fingerprint density at radius 2 is 2.09 bits per heavy atom. The quantitative estimate of drug-likeness (QED) is 0.782. The fraction of sp³-hybridized carbons (Fsp3) is 0.529. The molecule has 23 heavy (non-hydrogen) atoms. The van der Waals surface area contributed by atoms with Crippen LogP contribution in [0.15, 0.2) is 18.2 Å². The van der Waals surface area contributed by atoms with Gasteiger partial charge < -0.3 is 9.64 Å². The van der Waals surface area contributed by atoms with E-state index in [2.05, 4.69) is 0 Å². The Kier molecular flexibility index (Phi) is 6.07. The fourth-order valence-electron chi connectivity index (χ4n) is 2.76. The first-order chi connectivity index (χ1) is 11.0. The Labute approximate surface area is 134 Å². The van der Waals surface area contributed by atoms with Crippen LogP contribution >= 0.6 is 0 Å². The van der Waals surface area contributed by atoms with Crippen LogP contribution in [0.2, 0.25) is 0 Å². The van der Waals surface area contributed by atoms with Crippen molar-refractivity contribution in [2.24, 2.45) is 5.92 Å². The molecule has 2 rings (SSSR count). The minimum atomic E-state index is -0.907. The molecule has 0 aliphatic carbocycles. The highest BCUT2D eigenvalue weighted by molar-refractivity contribution is 5.78. The summed E-state index contributed by atoms with van der Waals surface area (Å²) in [7, 11) is 0. The lowest BCUT2D eigenvalue weighted by molar-refractivity contribution is -0.151. The van der Waals surface area contributed by atoms with Crippen molar-refractivity contribution in [1.29, 1.82) is 0 Å². The predicted molar refractivity (Wildman–Crippen MR) is 80.6 cm³/mol. The molecular weight excluding hydrogens is 304 g/mol. The van der Waals surface area contributed by atoms with Gasteiger partial charge in [-0.2, -0.15) is 0 Å². The first-order valence-electron chi connectivity index (χ1n) is 7.89. The van der Waals surface area contributed by atoms with E-state index >= 15 is 0 Å². The number of aryl methyl sites for hydroxylation is 1. The minimum Gasteiger partial charge on any atom is -0.466 e. The van der Waals surface area contributed by atoms with E-state index < -0.39 is 11.6 Å². The highest BCUT2D eigenvalue weighted by atomic mass is 19.2. The second-order valence-electron chi connectivity index (χ2n) is 5.68. The zero-order valence-corrected chi connectivity index (χ0v) is 13.2. The van der Waals surface area contributed by atoms with E-state index in [4.69, 9.17) is 4.74 Å². The van der Waals surface area contributed by atoms with Crippen LogP contribution in [0, 0.1) is 17.6 Å². The molecule has 6 heteroatoms. The van der Waals surface area contributed by atoms with Crippen LogP contribution in [0.5, 0.6) is 0 Å². The summed E-state index contributed by atoms with van der Waals surface area (Å²) >= 11 is 0. The van der Waals surface area contributed by atoms with Gasteiger partial charge in [0.1, 0.15) is 0 Å². The normalized spacial score (nSPS) is 17.9. The van der Waals surface area contributed by atoms with E-state index in [-0.39, 0.29) is 24.2 Å². The third-order valence-corrected chi connectivity index (χ3v) is 4.01. The van der Waals surface area contributed by atoms with Gasteiger partial charge in [0.25, 0.3) is 0 Å². The number of esters is 1. The van der Waals surface area contributed by atoms with E-state index in [1.54, 1.807) is 11.8 Å². The van der Waals surface area contributed by atoms with Crippen molar-refractivity contribution < 1.29 is 23.1 Å². The number of halogens is 2. The molecule has 1 amide bonds. The maximum Gasteiger partial charge on any atom is 0.310 e. The van der Waals surface area contributed by atoms with Gasteiger partial charge in [0.05, 0.1) is 12.5 Å². The van der Waals surface area contributed by atoms with Crippen molar-refractivity contribution in [3.63, 3.8) is 0 Å². The maximum absolute atomic E-state index is 13.1. The monoisotopic (exact) mass is 325 g/mol. The van der Waals surface area contributed by atoms with Crippen molar-refractivity contribution in [3.8, 4) is 0 Å². The van der Waals surface area contributed by atoms with E-state index in [9.17, 15) is 18.4 Å². The molecule has 0 saturated carbocycles. The van der Waals surface area contributed by atoms with Crippen molar-refractivity contribution in [1.82, 2.24) is 4.90 Å². The molecule has 0 aromatic heterocycles. The summed E-state index contributed by atoms with van der Waals surface area (Å²) in [5.41, 5.74) is 0.580. The van der Waals surface area contributed by atoms with Gasteiger partial charge in [-0.15, -0.1) is 0 Å². The first kappa shape index (κ1) is 17.4. The van der Waals surface area contributed by atoms with Gasteiger partial charge in [0.15, 0.2) is 11.6 Å². The number of likely N-dealkylation sites (tertiary alicyclic amines) is 1. The number of hydrogen-bond donors (Lipinski definition) is 0. The summed E-state index contributed by atoms with van der Waals surface area (Å²) in [4.78, 5) is 25.7. The Bertz CT molecular complexity index is 577. The molecule has 1 aliphatic heterocycles. The Morgan fingerprint density at radius 3 is 2.78 bits per heavy atom. The van der Waals surface area contributed by atoms with E-state index in [0.717, 1.165) is 25.0 Å². The van der Waals surface area contributed by atoms with Gasteiger partial charge in [-0.1, -0.05) is 6.07 Å². The zero-order valence-electron chi connectivity index (χ0n) is 13.2. The number of rotatable bonds is 5. The number of carbonyl (C=O) groups excluding carboxylic acids is 2. The van der Waals surface area contributed by atoms with Gasteiger partial charge in [0.2, 0.25) is 5.91 Å². The summed E-state index contributed by atoms with van der Waals surface area (Å²) < 4.78 is 31.0. The molecule has 1 aromatic carbocycles. The van der Waals surface area contributed by atoms with Crippen LogP contribution in [0.3, 0.4) is 0 Å². The predicted octanol–water partition coefficient (Wildman–Crippen LogP) is 2.70. The number of amides is 1. The summed E-state index contributed by atoms with van der Waals surface area (Å²) in [6, 6.07) is 3.65. The van der Waals surface area contributed by atoms with Gasteiger partial charge >= 0.3 is 5.97 Å². The maximum atomic E-state index is 13.1. The lowest BCUT2D eigenvalue weighted by Crippen LogP contribution is -2.42. The summed E-state index contributed by atoms with van der Waals surface area (Å²) in [6.07, 6.45) is 2.05. The summed E-state index contributed by atoms with van der Waals surface area (Å²) in [6.45, 7) is 3.08. The second kappa shape index (κ2) is 8.04. The molecule has 1 heterocycles. The number of hydrogen-bond acceptors (Lipinski definition) is 3. The molecule has 1 saturated heterocycles. The molecule has 0 radical (unpaired) electrons. The van der Waals surface area contributed by atoms with Crippen LogP contribution in [0.1, 0.15) is 31.7 Å². The van der Waals surface area contributed by atoms with Gasteiger partial charge in [-0.25, -0.2) is 8.78 Å². The third-order valence-electron chi connectivity index (χ3n) is 4.01. The van der Waals surface area contributed by atoms with Crippen molar-refractivity contribution in [3.05, 3.63) is 35.4 Å². The van der Waals surface area contributed by atoms with Crippen molar-refractivity contribution >= 4 is 11.9 Å². The lowest BCUT2D eigenvalue weighted by Gasteiger charge is -2.31. The number of ether oxygens (including phenoxy) is 1. The molecule has 1 unspecified atom stereocenters. The molecule has 1 aromatic rings. The SMILES string of the molecule is CCOC(=O)C1CCCN(C(=O)CCc2ccc(F)c(F)c2)C1. The highest BCUT2D eigenvalue weighted by Gasteiger charge is 2.29. The molecule has 1 atom stereocenters. The van der Waals surface area contributed by atoms with E-state index in [1.165, 1.54) is 6.07 Å². The summed E-state index contributed by atoms with van der Waals surface area (Å²) in [5, 5.41) is 0. The molecule has 0 spiro atoms. The lowest BCUT2D eigenvalue weighted by atomic mass is 9.97. The van der Waals surface area contributed by atoms with Gasteiger partial charge in [-0.05, 0) is 43.9 Å². The summed E-state index contributed by atoms with van der Waals surface area (Å²) in [5.74, 6) is -2.41. The van der Waals surface area contributed by atoms with E-state index in [1.807, 2.05) is 0 Å². The van der Waals surface area contributed by atoms with Gasteiger partial charge in [0, 0.05) is 19.5 Å². The largest absolute Gasteiger partial charge is 0.466 e. The van der Waals surface area contributed by atoms with Crippen LogP contribution in [-0.2, 0) is 20.7 Å². The third kappa shape index (κ3) is 4.74. The molecule has 1 fully saturated rings. The van der Waals surface area contributed by atoms with Gasteiger partial charge in [-0.3, -0.25) is 9.59 Å². The molecule has 0 bridgehead atoms. The number of piperidine rings is 1. The average molecular weight is 325 g/mol. The van der Waals surface area contributed by atoms with Crippen molar-refractivity contribution in [2.75, 3.05) is 19.7 Å². The average Bonchev–Trinajstić information content (AvgIpc) is 2.56. The molecule has 1 aliphatic rings.